The lowest BCUT2D eigenvalue weighted by atomic mass is 10.0. The summed E-state index contributed by atoms with van der Waals surface area (Å²) in [5.41, 5.74) is 3.07. The summed E-state index contributed by atoms with van der Waals surface area (Å²) in [6.45, 7) is 6.23. The van der Waals surface area contributed by atoms with Gasteiger partial charge in [-0.25, -0.2) is 9.48 Å². The number of aromatic nitrogens is 2. The van der Waals surface area contributed by atoms with Crippen molar-refractivity contribution in [1.29, 1.82) is 0 Å². The molecule has 30 heavy (non-hydrogen) atoms. The number of benzene rings is 2. The van der Waals surface area contributed by atoms with Crippen molar-refractivity contribution in [1.82, 2.24) is 9.78 Å². The van der Waals surface area contributed by atoms with E-state index >= 15 is 0 Å². The Morgan fingerprint density at radius 3 is 2.43 bits per heavy atom. The molecule has 0 spiro atoms. The summed E-state index contributed by atoms with van der Waals surface area (Å²) in [5, 5.41) is 7.03. The summed E-state index contributed by atoms with van der Waals surface area (Å²) < 4.78 is 6.61. The van der Waals surface area contributed by atoms with Gasteiger partial charge in [0.1, 0.15) is 5.56 Å². The number of carbonyl (C=O) groups is 2. The fourth-order valence-corrected chi connectivity index (χ4v) is 2.91. The average molecular weight is 403 g/mol. The minimum atomic E-state index is -0.539. The summed E-state index contributed by atoms with van der Waals surface area (Å²) in [4.78, 5) is 24.9. The SMILES string of the molecule is CCOC(=O)c1cnn(-c2ccccc2)c1NC(=O)/C=C/c1ccc(C(C)C)cc1. The third kappa shape index (κ3) is 5.03. The molecule has 2 aromatic carbocycles. The van der Waals surface area contributed by atoms with Crippen molar-refractivity contribution in [3.05, 3.63) is 83.6 Å². The topological polar surface area (TPSA) is 73.2 Å². The highest BCUT2D eigenvalue weighted by atomic mass is 16.5. The number of para-hydroxylation sites is 1. The molecule has 0 bridgehead atoms. The molecule has 3 aromatic rings. The number of hydrogen-bond acceptors (Lipinski definition) is 4. The first-order chi connectivity index (χ1) is 14.5. The number of anilines is 1. The van der Waals surface area contributed by atoms with Crippen LogP contribution >= 0.6 is 0 Å². The molecule has 0 fully saturated rings. The molecule has 6 nitrogen and oxygen atoms in total. The molecule has 0 saturated carbocycles. The molecule has 3 rings (SSSR count). The normalized spacial score (nSPS) is 11.1. The van der Waals surface area contributed by atoms with Gasteiger partial charge in [0, 0.05) is 6.08 Å². The van der Waals surface area contributed by atoms with Crippen LogP contribution in [0.1, 0.15) is 48.2 Å². The maximum atomic E-state index is 12.6. The number of carbonyl (C=O) groups excluding carboxylic acids is 2. The van der Waals surface area contributed by atoms with Gasteiger partial charge < -0.3 is 10.1 Å². The van der Waals surface area contributed by atoms with E-state index in [4.69, 9.17) is 4.74 Å². The minimum absolute atomic E-state index is 0.198. The van der Waals surface area contributed by atoms with Crippen LogP contribution in [0.4, 0.5) is 5.82 Å². The number of nitrogens with zero attached hydrogens (tertiary/aromatic N) is 2. The van der Waals surface area contributed by atoms with Gasteiger partial charge in [-0.3, -0.25) is 4.79 Å². The predicted octanol–water partition coefficient (Wildman–Crippen LogP) is 4.82. The van der Waals surface area contributed by atoms with Crippen molar-refractivity contribution in [3.8, 4) is 5.69 Å². The van der Waals surface area contributed by atoms with Gasteiger partial charge in [0.2, 0.25) is 5.91 Å². The van der Waals surface area contributed by atoms with Crippen LogP contribution in [0.25, 0.3) is 11.8 Å². The lowest BCUT2D eigenvalue weighted by Gasteiger charge is -2.10. The zero-order chi connectivity index (χ0) is 21.5. The number of rotatable bonds is 7. The second-order valence-corrected chi connectivity index (χ2v) is 7.02. The summed E-state index contributed by atoms with van der Waals surface area (Å²) in [7, 11) is 0. The van der Waals surface area contributed by atoms with E-state index in [0.717, 1.165) is 11.3 Å². The van der Waals surface area contributed by atoms with Crippen molar-refractivity contribution in [2.75, 3.05) is 11.9 Å². The minimum Gasteiger partial charge on any atom is -0.462 e. The Balaban J connectivity index is 1.84. The number of ether oxygens (including phenoxy) is 1. The Morgan fingerprint density at radius 2 is 1.80 bits per heavy atom. The van der Waals surface area contributed by atoms with E-state index < -0.39 is 5.97 Å². The molecule has 154 valence electrons. The van der Waals surface area contributed by atoms with Crippen LogP contribution < -0.4 is 5.32 Å². The molecular weight excluding hydrogens is 378 g/mol. The monoisotopic (exact) mass is 403 g/mol. The first-order valence-electron chi connectivity index (χ1n) is 9.89. The van der Waals surface area contributed by atoms with Gasteiger partial charge in [0.15, 0.2) is 5.82 Å². The lowest BCUT2D eigenvalue weighted by Crippen LogP contribution is -2.16. The second-order valence-electron chi connectivity index (χ2n) is 7.02. The Morgan fingerprint density at radius 1 is 1.10 bits per heavy atom. The molecule has 1 heterocycles. The molecule has 1 amide bonds. The molecule has 0 aliphatic heterocycles. The average Bonchev–Trinajstić information content (AvgIpc) is 3.17. The van der Waals surface area contributed by atoms with Crippen molar-refractivity contribution >= 4 is 23.8 Å². The van der Waals surface area contributed by atoms with Crippen LogP contribution in [0.3, 0.4) is 0 Å². The molecule has 0 unspecified atom stereocenters. The third-order valence-corrected chi connectivity index (χ3v) is 4.54. The smallest absolute Gasteiger partial charge is 0.343 e. The van der Waals surface area contributed by atoms with Gasteiger partial charge >= 0.3 is 5.97 Å². The van der Waals surface area contributed by atoms with Crippen molar-refractivity contribution in [2.24, 2.45) is 0 Å². The van der Waals surface area contributed by atoms with Gasteiger partial charge in [0.25, 0.3) is 0 Å². The van der Waals surface area contributed by atoms with Crippen molar-refractivity contribution < 1.29 is 14.3 Å². The number of amides is 1. The Kier molecular flexibility index (Phi) is 6.80. The summed E-state index contributed by atoms with van der Waals surface area (Å²) in [6, 6.07) is 17.3. The Labute approximate surface area is 176 Å². The molecule has 0 atom stereocenters. The third-order valence-electron chi connectivity index (χ3n) is 4.54. The van der Waals surface area contributed by atoms with Crippen LogP contribution in [-0.4, -0.2) is 28.3 Å². The Hall–Kier alpha value is -3.67. The standard InChI is InChI=1S/C24H25N3O3/c1-4-30-24(29)21-16-25-27(20-8-6-5-7-9-20)23(21)26-22(28)15-12-18-10-13-19(14-11-18)17(2)3/h5-17H,4H2,1-3H3,(H,26,28)/b15-12+. The second kappa shape index (κ2) is 9.69. The number of nitrogens with one attached hydrogen (secondary N) is 1. The predicted molar refractivity (Wildman–Crippen MR) is 118 cm³/mol. The fourth-order valence-electron chi connectivity index (χ4n) is 2.91. The van der Waals surface area contributed by atoms with Crippen LogP contribution in [0.2, 0.25) is 0 Å². The number of hydrogen-bond donors (Lipinski definition) is 1. The van der Waals surface area contributed by atoms with Gasteiger partial charge in [0.05, 0.1) is 18.5 Å². The van der Waals surface area contributed by atoms with Crippen LogP contribution in [0.5, 0.6) is 0 Å². The summed E-state index contributed by atoms with van der Waals surface area (Å²) in [6.07, 6.45) is 4.56. The maximum absolute atomic E-state index is 12.6. The van der Waals surface area contributed by atoms with E-state index in [2.05, 4.69) is 24.3 Å². The molecule has 0 aliphatic rings. The van der Waals surface area contributed by atoms with Crippen molar-refractivity contribution in [3.63, 3.8) is 0 Å². The van der Waals surface area contributed by atoms with E-state index in [0.29, 0.717) is 5.92 Å². The van der Waals surface area contributed by atoms with Crippen LogP contribution in [0, 0.1) is 0 Å². The quantitative estimate of drug-likeness (QED) is 0.453. The zero-order valence-corrected chi connectivity index (χ0v) is 17.3. The molecule has 0 aliphatic carbocycles. The van der Waals surface area contributed by atoms with E-state index in [1.165, 1.54) is 22.5 Å². The molecule has 1 aromatic heterocycles. The molecule has 0 saturated heterocycles. The van der Waals surface area contributed by atoms with Crippen LogP contribution in [0.15, 0.2) is 66.9 Å². The largest absolute Gasteiger partial charge is 0.462 e. The van der Waals surface area contributed by atoms with E-state index in [1.807, 2.05) is 54.6 Å². The van der Waals surface area contributed by atoms with Crippen molar-refractivity contribution in [2.45, 2.75) is 26.7 Å². The van der Waals surface area contributed by atoms with Gasteiger partial charge in [-0.2, -0.15) is 5.10 Å². The first-order valence-corrected chi connectivity index (χ1v) is 9.89. The molecule has 0 radical (unpaired) electrons. The fraction of sp³-hybridized carbons (Fsp3) is 0.208. The highest BCUT2D eigenvalue weighted by Crippen LogP contribution is 2.21. The zero-order valence-electron chi connectivity index (χ0n) is 17.3. The number of esters is 1. The van der Waals surface area contributed by atoms with E-state index in [-0.39, 0.29) is 23.9 Å². The molecule has 1 N–H and O–H groups in total. The summed E-state index contributed by atoms with van der Waals surface area (Å²) >= 11 is 0. The van der Waals surface area contributed by atoms with E-state index in [9.17, 15) is 9.59 Å². The highest BCUT2D eigenvalue weighted by Gasteiger charge is 2.20. The van der Waals surface area contributed by atoms with Gasteiger partial charge in [-0.05, 0) is 42.2 Å². The van der Waals surface area contributed by atoms with E-state index in [1.54, 1.807) is 13.0 Å². The van der Waals surface area contributed by atoms with Crippen LogP contribution in [-0.2, 0) is 9.53 Å². The van der Waals surface area contributed by atoms with Gasteiger partial charge in [-0.15, -0.1) is 0 Å². The lowest BCUT2D eigenvalue weighted by molar-refractivity contribution is -0.111. The molecular formula is C24H25N3O3. The summed E-state index contributed by atoms with van der Waals surface area (Å²) in [5.74, 6) is -0.190. The van der Waals surface area contributed by atoms with Gasteiger partial charge in [-0.1, -0.05) is 56.3 Å². The highest BCUT2D eigenvalue weighted by molar-refractivity contribution is 6.05. The molecule has 6 heteroatoms. The first kappa shape index (κ1) is 21.0. The Bertz CT molecular complexity index is 1040. The maximum Gasteiger partial charge on any atom is 0.343 e.